The Hall–Kier alpha value is -2.34. The lowest BCUT2D eigenvalue weighted by molar-refractivity contribution is -0.120. The number of fused-ring (bicyclic) bond motifs is 1. The third kappa shape index (κ3) is 3.20. The fraction of sp³-hybridized carbons (Fsp3) is 0.409. The van der Waals surface area contributed by atoms with E-state index in [0.29, 0.717) is 18.7 Å². The van der Waals surface area contributed by atoms with E-state index in [2.05, 4.69) is 0 Å². The molecule has 1 unspecified atom stereocenters. The molecule has 1 amide bonds. The van der Waals surface area contributed by atoms with Gasteiger partial charge in [0.2, 0.25) is 5.91 Å². The third-order valence-electron chi connectivity index (χ3n) is 5.60. The molecule has 0 bridgehead atoms. The van der Waals surface area contributed by atoms with Crippen molar-refractivity contribution in [3.63, 3.8) is 0 Å². The van der Waals surface area contributed by atoms with Crippen molar-refractivity contribution in [3.8, 4) is 0 Å². The van der Waals surface area contributed by atoms with Crippen LogP contribution in [0.15, 0.2) is 47.4 Å². The minimum absolute atomic E-state index is 0.0695. The number of hydrogen-bond acceptors (Lipinski definition) is 3. The summed E-state index contributed by atoms with van der Waals surface area (Å²) in [6.45, 7) is 6.17. The molecule has 148 valence electrons. The second-order valence-electron chi connectivity index (χ2n) is 7.83. The minimum atomic E-state index is -3.67. The highest BCUT2D eigenvalue weighted by Gasteiger charge is 2.40. The third-order valence-corrected chi connectivity index (χ3v) is 7.49. The summed E-state index contributed by atoms with van der Waals surface area (Å²) in [7, 11) is -3.67. The van der Waals surface area contributed by atoms with Gasteiger partial charge in [-0.3, -0.25) is 9.10 Å². The van der Waals surface area contributed by atoms with Gasteiger partial charge in [-0.2, -0.15) is 0 Å². The zero-order valence-electron chi connectivity index (χ0n) is 16.6. The van der Waals surface area contributed by atoms with Crippen LogP contribution in [0.3, 0.4) is 0 Å². The van der Waals surface area contributed by atoms with Gasteiger partial charge in [0, 0.05) is 24.2 Å². The number of carbonyl (C=O) groups is 1. The Morgan fingerprint density at radius 1 is 1.18 bits per heavy atom. The second kappa shape index (κ2) is 6.92. The van der Waals surface area contributed by atoms with Gasteiger partial charge < -0.3 is 4.90 Å². The van der Waals surface area contributed by atoms with E-state index in [9.17, 15) is 13.2 Å². The molecule has 0 aromatic heterocycles. The highest BCUT2D eigenvalue weighted by molar-refractivity contribution is 7.92. The van der Waals surface area contributed by atoms with Crippen molar-refractivity contribution in [2.75, 3.05) is 15.7 Å². The van der Waals surface area contributed by atoms with Crippen LogP contribution < -0.4 is 9.21 Å². The molecule has 2 aromatic carbocycles. The number of sulfonamides is 1. The van der Waals surface area contributed by atoms with Crippen LogP contribution in [-0.2, 0) is 21.2 Å². The lowest BCUT2D eigenvalue weighted by atomic mass is 10.1. The van der Waals surface area contributed by atoms with Gasteiger partial charge in [0.25, 0.3) is 10.0 Å². The van der Waals surface area contributed by atoms with Crippen molar-refractivity contribution in [1.82, 2.24) is 0 Å². The van der Waals surface area contributed by atoms with E-state index in [1.165, 1.54) is 4.31 Å². The zero-order valence-corrected chi connectivity index (χ0v) is 17.4. The molecule has 6 heteroatoms. The van der Waals surface area contributed by atoms with Gasteiger partial charge in [0.1, 0.15) is 0 Å². The molecule has 5 nitrogen and oxygen atoms in total. The Morgan fingerprint density at radius 2 is 1.93 bits per heavy atom. The van der Waals surface area contributed by atoms with Crippen LogP contribution in [0.25, 0.3) is 0 Å². The van der Waals surface area contributed by atoms with Crippen LogP contribution in [0.4, 0.5) is 11.4 Å². The zero-order chi connectivity index (χ0) is 20.1. The van der Waals surface area contributed by atoms with E-state index in [4.69, 9.17) is 0 Å². The first kappa shape index (κ1) is 19.0. The van der Waals surface area contributed by atoms with Gasteiger partial charge in [0.05, 0.1) is 10.6 Å². The molecule has 0 radical (unpaired) electrons. The molecular formula is C22H26N2O3S. The second-order valence-corrected chi connectivity index (χ2v) is 9.70. The average Bonchev–Trinajstić information content (AvgIpc) is 3.43. The number of anilines is 2. The van der Waals surface area contributed by atoms with Gasteiger partial charge >= 0.3 is 0 Å². The normalized spacial score (nSPS) is 18.8. The number of aryl methyl sites for hydroxylation is 1. The molecule has 28 heavy (non-hydrogen) atoms. The molecule has 1 aliphatic heterocycles. The van der Waals surface area contributed by atoms with Crippen molar-refractivity contribution >= 4 is 27.3 Å². The fourth-order valence-electron chi connectivity index (χ4n) is 4.03. The monoisotopic (exact) mass is 398 g/mol. The number of nitrogens with zero attached hydrogens (tertiary/aromatic N) is 2. The van der Waals surface area contributed by atoms with Gasteiger partial charge in [0.15, 0.2) is 0 Å². The number of carbonyl (C=O) groups excluding carboxylic acids is 1. The first-order chi connectivity index (χ1) is 13.3. The minimum Gasteiger partial charge on any atom is -0.309 e. The Labute approximate surface area is 167 Å². The Kier molecular flexibility index (Phi) is 4.70. The summed E-state index contributed by atoms with van der Waals surface area (Å²) >= 11 is 0. The Morgan fingerprint density at radius 3 is 2.57 bits per heavy atom. The van der Waals surface area contributed by atoms with Gasteiger partial charge in [-0.15, -0.1) is 0 Å². The van der Waals surface area contributed by atoms with Crippen molar-refractivity contribution in [3.05, 3.63) is 53.6 Å². The molecule has 2 aliphatic rings. The highest BCUT2D eigenvalue weighted by Crippen LogP contribution is 2.40. The summed E-state index contributed by atoms with van der Waals surface area (Å²) in [5.74, 6) is 0.325. The molecule has 1 atom stereocenters. The van der Waals surface area contributed by atoms with Crippen molar-refractivity contribution in [2.24, 2.45) is 5.92 Å². The molecule has 4 rings (SSSR count). The molecule has 2 aromatic rings. The summed E-state index contributed by atoms with van der Waals surface area (Å²) in [4.78, 5) is 14.8. The number of benzene rings is 2. The molecule has 1 aliphatic carbocycles. The maximum atomic E-state index is 13.3. The molecular weight excluding hydrogens is 372 g/mol. The largest absolute Gasteiger partial charge is 0.309 e. The SMILES string of the molecule is CCN(c1cccc(C)c1)S(=O)(=O)c1ccc2c(c1)CC(C)N2C(=O)C1CC1. The molecule has 1 heterocycles. The van der Waals surface area contributed by atoms with Crippen molar-refractivity contribution in [2.45, 2.75) is 51.0 Å². The molecule has 0 N–H and O–H groups in total. The molecule has 1 saturated carbocycles. The first-order valence-corrected chi connectivity index (χ1v) is 11.3. The number of amides is 1. The Bertz CT molecular complexity index is 1030. The lowest BCUT2D eigenvalue weighted by Crippen LogP contribution is -2.36. The maximum absolute atomic E-state index is 13.3. The molecule has 0 saturated heterocycles. The van der Waals surface area contributed by atoms with Gasteiger partial charge in [-0.05, 0) is 81.5 Å². The Balaban J connectivity index is 1.70. The highest BCUT2D eigenvalue weighted by atomic mass is 32.2. The lowest BCUT2D eigenvalue weighted by Gasteiger charge is -2.24. The quantitative estimate of drug-likeness (QED) is 0.768. The average molecular weight is 399 g/mol. The standard InChI is InChI=1S/C22H26N2O3S/c1-4-23(19-7-5-6-15(2)12-19)28(26,27)20-10-11-21-18(14-20)13-16(3)24(21)22(25)17-8-9-17/h5-7,10-12,14,16-17H,4,8-9,13H2,1-3H3. The fourth-order valence-corrected chi connectivity index (χ4v) is 5.55. The van der Waals surface area contributed by atoms with E-state index in [1.54, 1.807) is 18.2 Å². The maximum Gasteiger partial charge on any atom is 0.264 e. The van der Waals surface area contributed by atoms with Crippen LogP contribution in [0.1, 0.15) is 37.8 Å². The molecule has 1 fully saturated rings. The van der Waals surface area contributed by atoms with E-state index >= 15 is 0 Å². The van der Waals surface area contributed by atoms with E-state index in [1.807, 2.05) is 49.9 Å². The topological polar surface area (TPSA) is 57.7 Å². The summed E-state index contributed by atoms with van der Waals surface area (Å²) < 4.78 is 28.1. The van der Waals surface area contributed by atoms with Crippen LogP contribution in [-0.4, -0.2) is 26.9 Å². The summed E-state index contributed by atoms with van der Waals surface area (Å²) in [6.07, 6.45) is 2.62. The summed E-state index contributed by atoms with van der Waals surface area (Å²) in [6, 6.07) is 12.8. The predicted molar refractivity (Wildman–Crippen MR) is 111 cm³/mol. The van der Waals surface area contributed by atoms with Crippen LogP contribution in [0.5, 0.6) is 0 Å². The van der Waals surface area contributed by atoms with Crippen LogP contribution in [0, 0.1) is 12.8 Å². The van der Waals surface area contributed by atoms with Crippen LogP contribution in [0.2, 0.25) is 0 Å². The van der Waals surface area contributed by atoms with Gasteiger partial charge in [-0.1, -0.05) is 12.1 Å². The first-order valence-electron chi connectivity index (χ1n) is 9.88. The van der Waals surface area contributed by atoms with Crippen molar-refractivity contribution < 1.29 is 13.2 Å². The predicted octanol–water partition coefficient (Wildman–Crippen LogP) is 3.90. The van der Waals surface area contributed by atoms with Gasteiger partial charge in [-0.25, -0.2) is 8.42 Å². The number of hydrogen-bond donors (Lipinski definition) is 0. The number of rotatable bonds is 5. The summed E-state index contributed by atoms with van der Waals surface area (Å²) in [5.41, 5.74) is 3.48. The van der Waals surface area contributed by atoms with E-state index in [-0.39, 0.29) is 22.8 Å². The smallest absolute Gasteiger partial charge is 0.264 e. The summed E-state index contributed by atoms with van der Waals surface area (Å²) in [5, 5.41) is 0. The van der Waals surface area contributed by atoms with E-state index in [0.717, 1.165) is 29.7 Å². The van der Waals surface area contributed by atoms with Crippen LogP contribution >= 0.6 is 0 Å². The van der Waals surface area contributed by atoms with Crippen molar-refractivity contribution in [1.29, 1.82) is 0 Å². The van der Waals surface area contributed by atoms with E-state index < -0.39 is 10.0 Å². The molecule has 0 spiro atoms.